The molecule has 3 N–H and O–H groups in total. The van der Waals surface area contributed by atoms with E-state index in [1.54, 1.807) is 0 Å². The lowest BCUT2D eigenvalue weighted by Crippen LogP contribution is -2.20. The van der Waals surface area contributed by atoms with Gasteiger partial charge in [0.05, 0.1) is 0 Å². The molecule has 0 radical (unpaired) electrons. The molecule has 1 heterocycles. The Bertz CT molecular complexity index is 299. The van der Waals surface area contributed by atoms with E-state index in [9.17, 15) is 0 Å². The van der Waals surface area contributed by atoms with Crippen LogP contribution in [-0.2, 0) is 0 Å². The van der Waals surface area contributed by atoms with Crippen molar-refractivity contribution in [2.24, 2.45) is 0 Å². The Balaban J connectivity index is 2.90. The summed E-state index contributed by atoms with van der Waals surface area (Å²) in [7, 11) is 3.80. The van der Waals surface area contributed by atoms with Gasteiger partial charge in [0, 0.05) is 26.7 Å². The minimum atomic E-state index is 0.301. The Morgan fingerprint density at radius 1 is 1.50 bits per heavy atom. The van der Waals surface area contributed by atoms with Gasteiger partial charge in [-0.2, -0.15) is 9.97 Å². The van der Waals surface area contributed by atoms with Crippen LogP contribution in [0, 0.1) is 0 Å². The Morgan fingerprint density at radius 2 is 2.21 bits per heavy atom. The standard InChI is InChI=1S/C9H17N5/c1-4-5-14(3)8-6-7(11-2)12-9(10)13-8/h6H,4-5H2,1-3H3,(H3,10,11,12,13). The van der Waals surface area contributed by atoms with Crippen LogP contribution in [0.3, 0.4) is 0 Å². The second-order valence-electron chi connectivity index (χ2n) is 3.14. The van der Waals surface area contributed by atoms with Gasteiger partial charge in [0.2, 0.25) is 5.95 Å². The zero-order chi connectivity index (χ0) is 10.6. The highest BCUT2D eigenvalue weighted by Gasteiger charge is 2.04. The molecule has 0 unspecified atom stereocenters. The minimum absolute atomic E-state index is 0.301. The largest absolute Gasteiger partial charge is 0.373 e. The van der Waals surface area contributed by atoms with Crippen LogP contribution in [0.25, 0.3) is 0 Å². The van der Waals surface area contributed by atoms with Gasteiger partial charge < -0.3 is 16.0 Å². The highest BCUT2D eigenvalue weighted by molar-refractivity contribution is 5.51. The van der Waals surface area contributed by atoms with Crippen LogP contribution in [0.2, 0.25) is 0 Å². The second-order valence-corrected chi connectivity index (χ2v) is 3.14. The molecule has 1 aromatic rings. The van der Waals surface area contributed by atoms with Gasteiger partial charge in [-0.15, -0.1) is 0 Å². The molecule has 0 bridgehead atoms. The lowest BCUT2D eigenvalue weighted by Gasteiger charge is -2.17. The predicted octanol–water partition coefficient (Wildman–Crippen LogP) is 0.947. The van der Waals surface area contributed by atoms with Crippen LogP contribution in [0.15, 0.2) is 6.07 Å². The van der Waals surface area contributed by atoms with E-state index in [1.807, 2.05) is 20.2 Å². The maximum atomic E-state index is 5.58. The van der Waals surface area contributed by atoms with E-state index in [0.29, 0.717) is 5.95 Å². The molecule has 0 amide bonds. The van der Waals surface area contributed by atoms with Crippen LogP contribution in [0.4, 0.5) is 17.6 Å². The van der Waals surface area contributed by atoms with E-state index in [1.165, 1.54) is 0 Å². The van der Waals surface area contributed by atoms with Gasteiger partial charge in [0.25, 0.3) is 0 Å². The number of nitrogens with zero attached hydrogens (tertiary/aromatic N) is 3. The molecular formula is C9H17N5. The maximum Gasteiger partial charge on any atom is 0.223 e. The fourth-order valence-corrected chi connectivity index (χ4v) is 1.23. The number of anilines is 3. The molecule has 0 aliphatic rings. The molecule has 1 aromatic heterocycles. The number of nitrogens with one attached hydrogen (secondary N) is 1. The van der Waals surface area contributed by atoms with Crippen LogP contribution in [0.5, 0.6) is 0 Å². The van der Waals surface area contributed by atoms with Crippen molar-refractivity contribution < 1.29 is 0 Å². The zero-order valence-corrected chi connectivity index (χ0v) is 8.91. The summed E-state index contributed by atoms with van der Waals surface area (Å²) in [6, 6.07) is 1.88. The third-order valence-corrected chi connectivity index (χ3v) is 1.94. The number of hydrogen-bond donors (Lipinski definition) is 2. The molecule has 14 heavy (non-hydrogen) atoms. The first-order valence-corrected chi connectivity index (χ1v) is 4.70. The van der Waals surface area contributed by atoms with E-state index >= 15 is 0 Å². The number of aromatic nitrogens is 2. The van der Waals surface area contributed by atoms with E-state index in [0.717, 1.165) is 24.6 Å². The topological polar surface area (TPSA) is 67.1 Å². The zero-order valence-electron chi connectivity index (χ0n) is 8.91. The van der Waals surface area contributed by atoms with Crippen molar-refractivity contribution >= 4 is 17.6 Å². The fraction of sp³-hybridized carbons (Fsp3) is 0.556. The Morgan fingerprint density at radius 3 is 2.79 bits per heavy atom. The van der Waals surface area contributed by atoms with Gasteiger partial charge in [-0.05, 0) is 6.42 Å². The summed E-state index contributed by atoms with van der Waals surface area (Å²) < 4.78 is 0. The number of nitrogens with two attached hydrogens (primary N) is 1. The molecule has 0 fully saturated rings. The minimum Gasteiger partial charge on any atom is -0.373 e. The number of rotatable bonds is 4. The molecule has 0 aliphatic carbocycles. The molecule has 0 atom stereocenters. The van der Waals surface area contributed by atoms with E-state index in [2.05, 4.69) is 27.1 Å². The smallest absolute Gasteiger partial charge is 0.223 e. The quantitative estimate of drug-likeness (QED) is 0.748. The summed E-state index contributed by atoms with van der Waals surface area (Å²) in [4.78, 5) is 10.2. The SMILES string of the molecule is CCCN(C)c1cc(NC)nc(N)n1. The summed E-state index contributed by atoms with van der Waals surface area (Å²) in [5.74, 6) is 1.90. The van der Waals surface area contributed by atoms with Gasteiger partial charge >= 0.3 is 0 Å². The van der Waals surface area contributed by atoms with Crippen molar-refractivity contribution in [3.63, 3.8) is 0 Å². The van der Waals surface area contributed by atoms with Gasteiger partial charge in [-0.25, -0.2) is 0 Å². The summed E-state index contributed by atoms with van der Waals surface area (Å²) in [5, 5.41) is 2.95. The van der Waals surface area contributed by atoms with Gasteiger partial charge in [0.1, 0.15) is 11.6 Å². The molecule has 0 aromatic carbocycles. The van der Waals surface area contributed by atoms with Gasteiger partial charge in [-0.3, -0.25) is 0 Å². The van der Waals surface area contributed by atoms with Crippen LogP contribution >= 0.6 is 0 Å². The lowest BCUT2D eigenvalue weighted by molar-refractivity contribution is 0.836. The first-order valence-electron chi connectivity index (χ1n) is 4.70. The Kier molecular flexibility index (Phi) is 3.50. The van der Waals surface area contributed by atoms with Crippen molar-refractivity contribution in [1.29, 1.82) is 0 Å². The van der Waals surface area contributed by atoms with Gasteiger partial charge in [0.15, 0.2) is 0 Å². The van der Waals surface area contributed by atoms with E-state index in [-0.39, 0.29) is 0 Å². The summed E-state index contributed by atoms with van der Waals surface area (Å²) >= 11 is 0. The number of hydrogen-bond acceptors (Lipinski definition) is 5. The number of nitrogen functional groups attached to an aromatic ring is 1. The predicted molar refractivity (Wildman–Crippen MR) is 59.6 cm³/mol. The van der Waals surface area contributed by atoms with Crippen LogP contribution in [-0.4, -0.2) is 30.6 Å². The third-order valence-electron chi connectivity index (χ3n) is 1.94. The van der Waals surface area contributed by atoms with Crippen molar-refractivity contribution in [1.82, 2.24) is 9.97 Å². The average molecular weight is 195 g/mol. The van der Waals surface area contributed by atoms with Crippen LogP contribution < -0.4 is 16.0 Å². The molecule has 0 aliphatic heterocycles. The maximum absolute atomic E-state index is 5.58. The molecule has 0 spiro atoms. The third kappa shape index (κ3) is 2.48. The lowest BCUT2D eigenvalue weighted by atomic mass is 10.4. The Hall–Kier alpha value is -1.52. The first kappa shape index (κ1) is 10.6. The van der Waals surface area contributed by atoms with Crippen molar-refractivity contribution in [2.75, 3.05) is 36.6 Å². The first-order chi connectivity index (χ1) is 6.67. The molecular weight excluding hydrogens is 178 g/mol. The van der Waals surface area contributed by atoms with Crippen molar-refractivity contribution in [3.8, 4) is 0 Å². The molecule has 78 valence electrons. The average Bonchev–Trinajstić information content (AvgIpc) is 2.17. The molecule has 5 heteroatoms. The van der Waals surface area contributed by atoms with Crippen molar-refractivity contribution in [3.05, 3.63) is 6.07 Å². The van der Waals surface area contributed by atoms with Crippen molar-refractivity contribution in [2.45, 2.75) is 13.3 Å². The van der Waals surface area contributed by atoms with Crippen LogP contribution in [0.1, 0.15) is 13.3 Å². The molecule has 1 rings (SSSR count). The second kappa shape index (κ2) is 4.64. The van der Waals surface area contributed by atoms with E-state index in [4.69, 9.17) is 5.73 Å². The summed E-state index contributed by atoms with van der Waals surface area (Å²) in [6.45, 7) is 3.08. The monoisotopic (exact) mass is 195 g/mol. The molecule has 0 saturated heterocycles. The Labute approximate surface area is 84.3 Å². The van der Waals surface area contributed by atoms with E-state index < -0.39 is 0 Å². The molecule has 0 saturated carbocycles. The normalized spacial score (nSPS) is 9.93. The molecule has 5 nitrogen and oxygen atoms in total. The summed E-state index contributed by atoms with van der Waals surface area (Å²) in [6.07, 6.45) is 1.08. The highest BCUT2D eigenvalue weighted by Crippen LogP contribution is 2.15. The van der Waals surface area contributed by atoms with Gasteiger partial charge in [-0.1, -0.05) is 6.92 Å². The summed E-state index contributed by atoms with van der Waals surface area (Å²) in [5.41, 5.74) is 5.58. The fourth-order valence-electron chi connectivity index (χ4n) is 1.23. The highest BCUT2D eigenvalue weighted by atomic mass is 15.2.